The first-order valence-electron chi connectivity index (χ1n) is 6.37. The zero-order valence-corrected chi connectivity index (χ0v) is 10.7. The third kappa shape index (κ3) is 2.58. The Morgan fingerprint density at radius 2 is 2.25 bits per heavy atom. The normalized spacial score (nSPS) is 21.4. The molecule has 0 radical (unpaired) electrons. The molecule has 100 valence electrons. The Labute approximate surface area is 116 Å². The lowest BCUT2D eigenvalue weighted by molar-refractivity contribution is 0.107. The summed E-state index contributed by atoms with van der Waals surface area (Å²) in [6.07, 6.45) is 7.43. The number of pyridine rings is 1. The van der Waals surface area contributed by atoms with E-state index < -0.39 is 0 Å². The van der Waals surface area contributed by atoms with Crippen molar-refractivity contribution in [2.45, 2.75) is 18.6 Å². The van der Waals surface area contributed by atoms with Crippen LogP contribution in [-0.2, 0) is 4.74 Å². The van der Waals surface area contributed by atoms with Gasteiger partial charge in [-0.1, -0.05) is 6.07 Å². The van der Waals surface area contributed by atoms with Gasteiger partial charge in [-0.2, -0.15) is 5.26 Å². The molecule has 3 heterocycles. The van der Waals surface area contributed by atoms with Gasteiger partial charge in [0.1, 0.15) is 18.0 Å². The van der Waals surface area contributed by atoms with E-state index in [-0.39, 0.29) is 12.1 Å². The Morgan fingerprint density at radius 3 is 2.95 bits per heavy atom. The molecule has 2 aromatic heterocycles. The van der Waals surface area contributed by atoms with E-state index in [1.807, 2.05) is 24.4 Å². The van der Waals surface area contributed by atoms with Gasteiger partial charge >= 0.3 is 0 Å². The fraction of sp³-hybridized carbons (Fsp3) is 0.286. The molecule has 1 fully saturated rings. The van der Waals surface area contributed by atoms with Crippen molar-refractivity contribution in [3.05, 3.63) is 48.2 Å². The number of hydrogen-bond acceptors (Lipinski definition) is 6. The highest BCUT2D eigenvalue weighted by molar-refractivity contribution is 5.36. The SMILES string of the molecule is N#Cc1cnc(N[C@H]2CCO[C@@H]2c2cccnc2)cn1. The van der Waals surface area contributed by atoms with Gasteiger partial charge in [-0.3, -0.25) is 4.98 Å². The standard InChI is InChI=1S/C14H13N5O/c15-6-11-8-18-13(9-17-11)19-12-3-5-20-14(12)10-2-1-4-16-7-10/h1-2,4,7-9,12,14H,3,5H2,(H,18,19)/t12-,14+/m0/s1. The van der Waals surface area contributed by atoms with Crippen LogP contribution in [0.4, 0.5) is 5.82 Å². The second-order valence-electron chi connectivity index (χ2n) is 4.52. The number of rotatable bonds is 3. The molecule has 3 rings (SSSR count). The zero-order chi connectivity index (χ0) is 13.8. The van der Waals surface area contributed by atoms with Crippen molar-refractivity contribution in [2.24, 2.45) is 0 Å². The van der Waals surface area contributed by atoms with E-state index in [2.05, 4.69) is 20.3 Å². The molecule has 0 unspecified atom stereocenters. The van der Waals surface area contributed by atoms with Crippen LogP contribution in [0.3, 0.4) is 0 Å². The molecule has 2 aromatic rings. The molecule has 0 aliphatic carbocycles. The fourth-order valence-electron chi connectivity index (χ4n) is 2.26. The van der Waals surface area contributed by atoms with E-state index >= 15 is 0 Å². The molecule has 20 heavy (non-hydrogen) atoms. The fourth-order valence-corrected chi connectivity index (χ4v) is 2.26. The molecular formula is C14H13N5O. The van der Waals surface area contributed by atoms with Crippen LogP contribution in [0.2, 0.25) is 0 Å². The van der Waals surface area contributed by atoms with Crippen LogP contribution in [0.25, 0.3) is 0 Å². The maximum absolute atomic E-state index is 8.70. The Morgan fingerprint density at radius 1 is 1.30 bits per heavy atom. The highest BCUT2D eigenvalue weighted by Crippen LogP contribution is 2.30. The summed E-state index contributed by atoms with van der Waals surface area (Å²) in [7, 11) is 0. The first kappa shape index (κ1) is 12.5. The number of hydrogen-bond donors (Lipinski definition) is 1. The molecular weight excluding hydrogens is 254 g/mol. The van der Waals surface area contributed by atoms with Crippen molar-refractivity contribution >= 4 is 5.82 Å². The zero-order valence-electron chi connectivity index (χ0n) is 10.7. The van der Waals surface area contributed by atoms with Gasteiger partial charge in [0.15, 0.2) is 5.69 Å². The number of ether oxygens (including phenoxy) is 1. The molecule has 1 aliphatic heterocycles. The molecule has 0 spiro atoms. The summed E-state index contributed by atoms with van der Waals surface area (Å²) in [5.74, 6) is 0.647. The lowest BCUT2D eigenvalue weighted by Crippen LogP contribution is -2.24. The van der Waals surface area contributed by atoms with Gasteiger partial charge in [0.2, 0.25) is 0 Å². The van der Waals surface area contributed by atoms with Gasteiger partial charge in [-0.25, -0.2) is 9.97 Å². The minimum atomic E-state index is -0.0406. The first-order valence-corrected chi connectivity index (χ1v) is 6.37. The minimum absolute atomic E-state index is 0.0406. The molecule has 1 N–H and O–H groups in total. The van der Waals surface area contributed by atoms with E-state index in [4.69, 9.17) is 10.00 Å². The summed E-state index contributed by atoms with van der Waals surface area (Å²) in [5.41, 5.74) is 1.35. The quantitative estimate of drug-likeness (QED) is 0.911. The van der Waals surface area contributed by atoms with Crippen LogP contribution in [0.15, 0.2) is 36.9 Å². The molecule has 6 nitrogen and oxygen atoms in total. The predicted molar refractivity (Wildman–Crippen MR) is 71.7 cm³/mol. The lowest BCUT2D eigenvalue weighted by Gasteiger charge is -2.20. The van der Waals surface area contributed by atoms with Crippen molar-refractivity contribution < 1.29 is 4.74 Å². The van der Waals surface area contributed by atoms with E-state index in [0.717, 1.165) is 12.0 Å². The maximum Gasteiger partial charge on any atom is 0.158 e. The van der Waals surface area contributed by atoms with Crippen molar-refractivity contribution in [2.75, 3.05) is 11.9 Å². The smallest absolute Gasteiger partial charge is 0.158 e. The van der Waals surface area contributed by atoms with Crippen molar-refractivity contribution in [3.8, 4) is 6.07 Å². The van der Waals surface area contributed by atoms with Gasteiger partial charge in [0.05, 0.1) is 18.4 Å². The number of nitrogens with one attached hydrogen (secondary N) is 1. The maximum atomic E-state index is 8.70. The van der Waals surface area contributed by atoms with Crippen LogP contribution in [0.1, 0.15) is 23.8 Å². The average Bonchev–Trinajstić information content (AvgIpc) is 2.97. The van der Waals surface area contributed by atoms with E-state index in [9.17, 15) is 0 Å². The Bertz CT molecular complexity index is 608. The van der Waals surface area contributed by atoms with Crippen molar-refractivity contribution in [1.29, 1.82) is 5.26 Å². The van der Waals surface area contributed by atoms with E-state index in [1.165, 1.54) is 6.20 Å². The summed E-state index contributed by atoms with van der Waals surface area (Å²) in [5, 5.41) is 12.0. The summed E-state index contributed by atoms with van der Waals surface area (Å²) in [6, 6.07) is 5.97. The summed E-state index contributed by atoms with van der Waals surface area (Å²) < 4.78 is 5.77. The third-order valence-electron chi connectivity index (χ3n) is 3.20. The number of anilines is 1. The van der Waals surface area contributed by atoms with Gasteiger partial charge in [0.25, 0.3) is 0 Å². The lowest BCUT2D eigenvalue weighted by atomic mass is 10.0. The molecule has 6 heteroatoms. The molecule has 1 saturated heterocycles. The second kappa shape index (κ2) is 5.63. The van der Waals surface area contributed by atoms with Crippen LogP contribution in [-0.4, -0.2) is 27.6 Å². The highest BCUT2D eigenvalue weighted by Gasteiger charge is 2.30. The third-order valence-corrected chi connectivity index (χ3v) is 3.20. The van der Waals surface area contributed by atoms with Gasteiger partial charge in [-0.05, 0) is 12.5 Å². The van der Waals surface area contributed by atoms with Crippen molar-refractivity contribution in [1.82, 2.24) is 15.0 Å². The van der Waals surface area contributed by atoms with Gasteiger partial charge in [-0.15, -0.1) is 0 Å². The molecule has 0 amide bonds. The van der Waals surface area contributed by atoms with Crippen LogP contribution in [0.5, 0.6) is 0 Å². The topological polar surface area (TPSA) is 83.7 Å². The molecule has 1 aliphatic rings. The first-order chi connectivity index (χ1) is 9.86. The summed E-state index contributed by atoms with van der Waals surface area (Å²) >= 11 is 0. The summed E-state index contributed by atoms with van der Waals surface area (Å²) in [6.45, 7) is 0.695. The highest BCUT2D eigenvalue weighted by atomic mass is 16.5. The minimum Gasteiger partial charge on any atom is -0.371 e. The van der Waals surface area contributed by atoms with Gasteiger partial charge < -0.3 is 10.1 Å². The monoisotopic (exact) mass is 267 g/mol. The number of nitriles is 1. The molecule has 0 bridgehead atoms. The Kier molecular flexibility index (Phi) is 3.52. The second-order valence-corrected chi connectivity index (χ2v) is 4.52. The van der Waals surface area contributed by atoms with Crippen LogP contribution in [0, 0.1) is 11.3 Å². The average molecular weight is 267 g/mol. The van der Waals surface area contributed by atoms with Crippen LogP contribution >= 0.6 is 0 Å². The predicted octanol–water partition coefficient (Wildman–Crippen LogP) is 1.69. The molecule has 0 saturated carbocycles. The largest absolute Gasteiger partial charge is 0.371 e. The number of aromatic nitrogens is 3. The van der Waals surface area contributed by atoms with E-state index in [0.29, 0.717) is 18.1 Å². The van der Waals surface area contributed by atoms with Crippen molar-refractivity contribution in [3.63, 3.8) is 0 Å². The molecule has 0 aromatic carbocycles. The Balaban J connectivity index is 1.74. The summed E-state index contributed by atoms with van der Waals surface area (Å²) in [4.78, 5) is 12.3. The van der Waals surface area contributed by atoms with Gasteiger partial charge in [0, 0.05) is 24.6 Å². The van der Waals surface area contributed by atoms with E-state index in [1.54, 1.807) is 12.4 Å². The molecule has 2 atom stereocenters. The Hall–Kier alpha value is -2.52. The van der Waals surface area contributed by atoms with Crippen LogP contribution < -0.4 is 5.32 Å². The number of nitrogens with zero attached hydrogens (tertiary/aromatic N) is 4.